The number of hydrazine groups is 1. The summed E-state index contributed by atoms with van der Waals surface area (Å²) in [5.74, 6) is -1.09. The minimum Gasteiger partial charge on any atom is -0.347 e. The minimum atomic E-state index is -0.426. The molecule has 0 unspecified atom stereocenters. The van der Waals surface area contributed by atoms with Gasteiger partial charge in [0.2, 0.25) is 11.8 Å². The van der Waals surface area contributed by atoms with Crippen LogP contribution in [-0.4, -0.2) is 30.8 Å². The number of rotatable bonds is 8. The summed E-state index contributed by atoms with van der Waals surface area (Å²) < 4.78 is 0. The van der Waals surface area contributed by atoms with Gasteiger partial charge in [-0.05, 0) is 17.7 Å². The summed E-state index contributed by atoms with van der Waals surface area (Å²) in [5.41, 5.74) is 4.66. The molecule has 0 heterocycles. The fourth-order valence-corrected chi connectivity index (χ4v) is 2.21. The van der Waals surface area contributed by atoms with Gasteiger partial charge < -0.3 is 10.6 Å². The molecule has 26 heavy (non-hydrogen) atoms. The number of amides is 3. The molecule has 3 N–H and O–H groups in total. The molecule has 0 aliphatic carbocycles. The summed E-state index contributed by atoms with van der Waals surface area (Å²) in [7, 11) is 0. The van der Waals surface area contributed by atoms with Gasteiger partial charge in [0, 0.05) is 6.92 Å². The quantitative estimate of drug-likeness (QED) is 0.616. The van der Waals surface area contributed by atoms with Crippen LogP contribution in [0.3, 0.4) is 0 Å². The average Bonchev–Trinajstić information content (AvgIpc) is 2.65. The van der Waals surface area contributed by atoms with E-state index in [9.17, 15) is 14.4 Å². The number of para-hydroxylation sites is 1. The smallest absolute Gasteiger partial charge is 0.257 e. The standard InChI is InChI=1S/C19H22N4O3/c1-15(24)20-12-18(25)21-13-19(26)22-23(17-10-6-3-7-11-17)14-16-8-4-2-5-9-16/h2-11H,12-14H2,1H3,(H,20,24)(H,21,25)(H,22,26). The Morgan fingerprint density at radius 1 is 0.808 bits per heavy atom. The molecule has 0 spiro atoms. The van der Waals surface area contributed by atoms with E-state index in [0.717, 1.165) is 11.3 Å². The molecule has 0 aromatic heterocycles. The van der Waals surface area contributed by atoms with Crippen molar-refractivity contribution >= 4 is 23.4 Å². The van der Waals surface area contributed by atoms with Crippen molar-refractivity contribution in [3.63, 3.8) is 0 Å². The number of carbonyl (C=O) groups excluding carboxylic acids is 3. The second kappa shape index (κ2) is 9.83. The number of nitrogens with one attached hydrogen (secondary N) is 3. The molecule has 0 atom stereocenters. The van der Waals surface area contributed by atoms with Crippen LogP contribution in [0.2, 0.25) is 0 Å². The highest BCUT2D eigenvalue weighted by atomic mass is 16.2. The van der Waals surface area contributed by atoms with Crippen molar-refractivity contribution in [3.05, 3.63) is 66.2 Å². The zero-order valence-electron chi connectivity index (χ0n) is 14.6. The average molecular weight is 354 g/mol. The normalized spacial score (nSPS) is 9.88. The van der Waals surface area contributed by atoms with Crippen molar-refractivity contribution in [2.75, 3.05) is 18.1 Å². The minimum absolute atomic E-state index is 0.158. The van der Waals surface area contributed by atoms with Crippen LogP contribution in [0.25, 0.3) is 0 Å². The van der Waals surface area contributed by atoms with Crippen LogP contribution < -0.4 is 21.1 Å². The molecule has 0 aliphatic rings. The third-order valence-electron chi connectivity index (χ3n) is 3.46. The molecule has 2 rings (SSSR count). The van der Waals surface area contributed by atoms with Crippen LogP contribution in [-0.2, 0) is 20.9 Å². The fraction of sp³-hybridized carbons (Fsp3) is 0.211. The molecule has 0 saturated carbocycles. The van der Waals surface area contributed by atoms with Crippen molar-refractivity contribution in [2.45, 2.75) is 13.5 Å². The van der Waals surface area contributed by atoms with E-state index in [1.807, 2.05) is 60.7 Å². The highest BCUT2D eigenvalue weighted by Crippen LogP contribution is 2.14. The molecule has 7 heteroatoms. The lowest BCUT2D eigenvalue weighted by atomic mass is 10.2. The van der Waals surface area contributed by atoms with Crippen LogP contribution in [0.15, 0.2) is 60.7 Å². The summed E-state index contributed by atoms with van der Waals surface area (Å²) >= 11 is 0. The van der Waals surface area contributed by atoms with Crippen LogP contribution in [0.1, 0.15) is 12.5 Å². The van der Waals surface area contributed by atoms with E-state index in [-0.39, 0.29) is 24.9 Å². The van der Waals surface area contributed by atoms with E-state index in [2.05, 4.69) is 16.1 Å². The number of nitrogens with zero attached hydrogens (tertiary/aromatic N) is 1. The Bertz CT molecular complexity index is 735. The van der Waals surface area contributed by atoms with Gasteiger partial charge in [-0.1, -0.05) is 48.5 Å². The van der Waals surface area contributed by atoms with E-state index in [1.54, 1.807) is 5.01 Å². The maximum absolute atomic E-state index is 12.2. The Morgan fingerprint density at radius 2 is 1.38 bits per heavy atom. The van der Waals surface area contributed by atoms with Gasteiger partial charge in [0.15, 0.2) is 0 Å². The summed E-state index contributed by atoms with van der Waals surface area (Å²) in [5, 5.41) is 6.56. The molecule has 3 amide bonds. The van der Waals surface area contributed by atoms with Crippen molar-refractivity contribution < 1.29 is 14.4 Å². The van der Waals surface area contributed by atoms with Crippen LogP contribution in [0, 0.1) is 0 Å². The molecule has 2 aromatic carbocycles. The number of hydrogen-bond acceptors (Lipinski definition) is 4. The highest BCUT2D eigenvalue weighted by Gasteiger charge is 2.12. The van der Waals surface area contributed by atoms with E-state index >= 15 is 0 Å². The van der Waals surface area contributed by atoms with E-state index in [4.69, 9.17) is 0 Å². The number of anilines is 1. The first kappa shape index (κ1) is 19.0. The second-order valence-electron chi connectivity index (χ2n) is 5.63. The third kappa shape index (κ3) is 6.64. The first-order chi connectivity index (χ1) is 12.5. The van der Waals surface area contributed by atoms with Gasteiger partial charge in [-0.25, -0.2) is 0 Å². The van der Waals surface area contributed by atoms with Crippen LogP contribution >= 0.6 is 0 Å². The van der Waals surface area contributed by atoms with Crippen molar-refractivity contribution in [2.24, 2.45) is 0 Å². The maximum atomic E-state index is 12.2. The maximum Gasteiger partial charge on any atom is 0.257 e. The Morgan fingerprint density at radius 3 is 2.00 bits per heavy atom. The lowest BCUT2D eigenvalue weighted by Gasteiger charge is -2.25. The molecule has 0 aliphatic heterocycles. The molecular formula is C19H22N4O3. The molecule has 0 fully saturated rings. The Kier molecular flexibility index (Phi) is 7.17. The van der Waals surface area contributed by atoms with Crippen LogP contribution in [0.5, 0.6) is 0 Å². The predicted octanol–water partition coefficient (Wildman–Crippen LogP) is 0.977. The monoisotopic (exact) mass is 354 g/mol. The molecule has 7 nitrogen and oxygen atoms in total. The number of benzene rings is 2. The largest absolute Gasteiger partial charge is 0.347 e. The Labute approximate surface area is 152 Å². The lowest BCUT2D eigenvalue weighted by Crippen LogP contribution is -2.47. The topological polar surface area (TPSA) is 90.5 Å². The van der Waals surface area contributed by atoms with Gasteiger partial charge in [-0.3, -0.25) is 24.8 Å². The van der Waals surface area contributed by atoms with Gasteiger partial charge >= 0.3 is 0 Å². The van der Waals surface area contributed by atoms with E-state index in [0.29, 0.717) is 6.54 Å². The lowest BCUT2D eigenvalue weighted by molar-refractivity contribution is -0.127. The predicted molar refractivity (Wildman–Crippen MR) is 98.9 cm³/mol. The molecule has 0 bridgehead atoms. The number of carbonyl (C=O) groups is 3. The van der Waals surface area contributed by atoms with Gasteiger partial charge in [0.25, 0.3) is 5.91 Å². The highest BCUT2D eigenvalue weighted by molar-refractivity contribution is 5.88. The van der Waals surface area contributed by atoms with Gasteiger partial charge in [0.1, 0.15) is 0 Å². The molecule has 0 saturated heterocycles. The summed E-state index contributed by atoms with van der Waals surface area (Å²) in [4.78, 5) is 34.6. The number of hydrogen-bond donors (Lipinski definition) is 3. The summed E-state index contributed by atoms with van der Waals surface area (Å²) in [6.07, 6.45) is 0. The van der Waals surface area contributed by atoms with Crippen LogP contribution in [0.4, 0.5) is 5.69 Å². The van der Waals surface area contributed by atoms with Gasteiger partial charge in [-0.15, -0.1) is 0 Å². The summed E-state index contributed by atoms with van der Waals surface area (Å²) in [6, 6.07) is 19.2. The van der Waals surface area contributed by atoms with Gasteiger partial charge in [-0.2, -0.15) is 0 Å². The SMILES string of the molecule is CC(=O)NCC(=O)NCC(=O)NN(Cc1ccccc1)c1ccccc1. The van der Waals surface area contributed by atoms with Crippen molar-refractivity contribution in [1.29, 1.82) is 0 Å². The molecule has 2 aromatic rings. The fourth-order valence-electron chi connectivity index (χ4n) is 2.21. The zero-order valence-corrected chi connectivity index (χ0v) is 14.6. The van der Waals surface area contributed by atoms with Gasteiger partial charge in [0.05, 0.1) is 25.3 Å². The first-order valence-corrected chi connectivity index (χ1v) is 8.21. The second-order valence-corrected chi connectivity index (χ2v) is 5.63. The zero-order chi connectivity index (χ0) is 18.8. The molecule has 136 valence electrons. The molecular weight excluding hydrogens is 332 g/mol. The van der Waals surface area contributed by atoms with Crippen molar-refractivity contribution in [3.8, 4) is 0 Å². The van der Waals surface area contributed by atoms with Crippen molar-refractivity contribution in [1.82, 2.24) is 16.1 Å². The summed E-state index contributed by atoms with van der Waals surface area (Å²) in [6.45, 7) is 1.46. The van der Waals surface area contributed by atoms with E-state index < -0.39 is 5.91 Å². The van der Waals surface area contributed by atoms with E-state index in [1.165, 1.54) is 6.92 Å². The first-order valence-electron chi connectivity index (χ1n) is 8.21. The molecule has 0 radical (unpaired) electrons. The third-order valence-corrected chi connectivity index (χ3v) is 3.46. The Hall–Kier alpha value is -3.35. The Balaban J connectivity index is 1.94.